The van der Waals surface area contributed by atoms with Crippen LogP contribution in [0.3, 0.4) is 0 Å². The second kappa shape index (κ2) is 10.5. The van der Waals surface area contributed by atoms with E-state index in [2.05, 4.69) is 39.1 Å². The second-order valence-electron chi connectivity index (χ2n) is 8.31. The summed E-state index contributed by atoms with van der Waals surface area (Å²) in [5, 5.41) is 12.4. The first-order valence-corrected chi connectivity index (χ1v) is 8.74. The Morgan fingerprint density at radius 3 is 2.04 bits per heavy atom. The third-order valence-corrected chi connectivity index (χ3v) is 3.73. The maximum atomic E-state index is 12.1. The first kappa shape index (κ1) is 24.4. The molecular formula is C21H31NO5. The third kappa shape index (κ3) is 11.6. The van der Waals surface area contributed by atoms with Crippen LogP contribution in [0.4, 0.5) is 4.79 Å². The smallest absolute Gasteiger partial charge is 0.408 e. The van der Waals surface area contributed by atoms with Gasteiger partial charge in [-0.05, 0) is 57.2 Å². The Balaban J connectivity index is 0.00000210. The van der Waals surface area contributed by atoms with Gasteiger partial charge in [0.1, 0.15) is 11.4 Å². The number of aromatic hydroxyl groups is 1. The van der Waals surface area contributed by atoms with Gasteiger partial charge in [-0.15, -0.1) is 0 Å². The Bertz CT molecular complexity index is 657. The zero-order valence-electron chi connectivity index (χ0n) is 17.3. The van der Waals surface area contributed by atoms with Crippen LogP contribution in [-0.2, 0) is 20.7 Å². The topological polar surface area (TPSA) is 92.7 Å². The number of benzene rings is 1. The summed E-state index contributed by atoms with van der Waals surface area (Å²) in [6, 6.07) is 6.85. The molecule has 6 nitrogen and oxygen atoms in total. The van der Waals surface area contributed by atoms with E-state index in [-0.39, 0.29) is 23.4 Å². The molecule has 0 unspecified atom stereocenters. The van der Waals surface area contributed by atoms with Gasteiger partial charge in [-0.2, -0.15) is 9.59 Å². The minimum absolute atomic E-state index is 0.0306. The predicted octanol–water partition coefficient (Wildman–Crippen LogP) is 4.24. The Labute approximate surface area is 161 Å². The molecule has 0 spiro atoms. The molecule has 6 heteroatoms. The zero-order valence-corrected chi connectivity index (χ0v) is 17.3. The summed E-state index contributed by atoms with van der Waals surface area (Å²) in [5.74, 6) is 0.233. The molecule has 1 atom stereocenters. The lowest BCUT2D eigenvalue weighted by molar-refractivity contribution is -0.191. The van der Waals surface area contributed by atoms with Crippen LogP contribution in [0, 0.1) is 5.41 Å². The van der Waals surface area contributed by atoms with Crippen LogP contribution in [0.2, 0.25) is 0 Å². The van der Waals surface area contributed by atoms with Crippen LogP contribution in [0.5, 0.6) is 5.75 Å². The van der Waals surface area contributed by atoms with Crippen molar-refractivity contribution < 1.29 is 24.2 Å². The molecule has 1 amide bonds. The minimum atomic E-state index is -0.532. The van der Waals surface area contributed by atoms with Crippen molar-refractivity contribution in [1.29, 1.82) is 0 Å². The lowest BCUT2D eigenvalue weighted by Gasteiger charge is -2.25. The van der Waals surface area contributed by atoms with E-state index in [4.69, 9.17) is 14.3 Å². The van der Waals surface area contributed by atoms with Gasteiger partial charge in [0, 0.05) is 0 Å². The standard InChI is InChI=1S/C20H31NO3.CO2/c1-14(19(2,3)4)12-16(21-18(23)24-20(5,6)7)13-15-8-10-17(22)11-9-15;2-1-3/h8-12,16,22H,13H2,1-7H3,(H,21,23);/b14-12-;/t16-;/m1./s1. The van der Waals surface area contributed by atoms with Crippen LogP contribution in [0.25, 0.3) is 0 Å². The Kier molecular flexibility index (Phi) is 9.52. The van der Waals surface area contributed by atoms with Crippen LogP contribution >= 0.6 is 0 Å². The van der Waals surface area contributed by atoms with Crippen molar-refractivity contribution in [3.63, 3.8) is 0 Å². The third-order valence-electron chi connectivity index (χ3n) is 3.73. The number of hydrogen-bond acceptors (Lipinski definition) is 5. The second-order valence-corrected chi connectivity index (χ2v) is 8.31. The molecule has 0 aromatic heterocycles. The minimum Gasteiger partial charge on any atom is -0.508 e. The summed E-state index contributed by atoms with van der Waals surface area (Å²) in [7, 11) is 0. The Hall–Kier alpha value is -2.59. The average Bonchev–Trinajstić information content (AvgIpc) is 2.47. The van der Waals surface area contributed by atoms with E-state index < -0.39 is 11.7 Å². The number of phenolic OH excluding ortho intramolecular Hbond substituents is 1. The van der Waals surface area contributed by atoms with E-state index in [1.165, 1.54) is 5.57 Å². The van der Waals surface area contributed by atoms with Crippen molar-refractivity contribution in [3.05, 3.63) is 41.5 Å². The van der Waals surface area contributed by atoms with Gasteiger partial charge in [0.25, 0.3) is 0 Å². The highest BCUT2D eigenvalue weighted by Gasteiger charge is 2.20. The molecule has 0 saturated carbocycles. The van der Waals surface area contributed by atoms with Crippen molar-refractivity contribution in [2.45, 2.75) is 66.5 Å². The van der Waals surface area contributed by atoms with Gasteiger partial charge in [-0.1, -0.05) is 44.6 Å². The van der Waals surface area contributed by atoms with Crippen molar-refractivity contribution in [2.75, 3.05) is 0 Å². The van der Waals surface area contributed by atoms with Gasteiger partial charge in [0.15, 0.2) is 0 Å². The number of phenols is 1. The molecule has 27 heavy (non-hydrogen) atoms. The number of amides is 1. The molecule has 1 aromatic carbocycles. The van der Waals surface area contributed by atoms with E-state index in [1.807, 2.05) is 32.9 Å². The van der Waals surface area contributed by atoms with Crippen molar-refractivity contribution in [3.8, 4) is 5.75 Å². The fourth-order valence-electron chi connectivity index (χ4n) is 2.05. The van der Waals surface area contributed by atoms with Gasteiger partial charge >= 0.3 is 12.2 Å². The van der Waals surface area contributed by atoms with Crippen LogP contribution in [-0.4, -0.2) is 29.0 Å². The molecule has 0 aliphatic carbocycles. The number of alkyl carbamates (subject to hydrolysis) is 1. The molecule has 2 N–H and O–H groups in total. The number of hydrogen-bond donors (Lipinski definition) is 2. The normalized spacial score (nSPS) is 12.9. The molecule has 0 heterocycles. The summed E-state index contributed by atoms with van der Waals surface area (Å²) >= 11 is 0. The Morgan fingerprint density at radius 1 is 1.15 bits per heavy atom. The van der Waals surface area contributed by atoms with E-state index in [0.717, 1.165) is 5.56 Å². The number of carbonyl (C=O) groups is 1. The monoisotopic (exact) mass is 377 g/mol. The molecule has 0 aliphatic heterocycles. The fraction of sp³-hybridized carbons (Fsp3) is 0.524. The number of nitrogens with one attached hydrogen (secondary N) is 1. The molecule has 1 aromatic rings. The molecule has 0 radical (unpaired) electrons. The van der Waals surface area contributed by atoms with Crippen molar-refractivity contribution >= 4 is 12.2 Å². The molecule has 0 saturated heterocycles. The van der Waals surface area contributed by atoms with E-state index in [1.54, 1.807) is 12.1 Å². The van der Waals surface area contributed by atoms with E-state index in [9.17, 15) is 9.90 Å². The van der Waals surface area contributed by atoms with E-state index in [0.29, 0.717) is 6.42 Å². The molecule has 1 rings (SSSR count). The molecule has 0 bridgehead atoms. The van der Waals surface area contributed by atoms with Gasteiger partial charge in [-0.3, -0.25) is 0 Å². The number of ether oxygens (including phenoxy) is 1. The highest BCUT2D eigenvalue weighted by molar-refractivity contribution is 5.68. The summed E-state index contributed by atoms with van der Waals surface area (Å²) in [4.78, 5) is 28.4. The number of carbonyl (C=O) groups excluding carboxylic acids is 3. The molecule has 0 aliphatic rings. The first-order valence-electron chi connectivity index (χ1n) is 8.74. The van der Waals surface area contributed by atoms with Gasteiger partial charge in [0.2, 0.25) is 0 Å². The van der Waals surface area contributed by atoms with Crippen molar-refractivity contribution in [1.82, 2.24) is 5.32 Å². The summed E-state index contributed by atoms with van der Waals surface area (Å²) in [5.41, 5.74) is 1.73. The highest BCUT2D eigenvalue weighted by Crippen LogP contribution is 2.25. The van der Waals surface area contributed by atoms with Crippen molar-refractivity contribution in [2.24, 2.45) is 5.41 Å². The average molecular weight is 377 g/mol. The maximum absolute atomic E-state index is 12.1. The summed E-state index contributed by atoms with van der Waals surface area (Å²) in [6.07, 6.45) is 2.54. The molecule has 0 fully saturated rings. The number of allylic oxidation sites excluding steroid dienone is 1. The quantitative estimate of drug-likeness (QED) is 0.766. The van der Waals surface area contributed by atoms with Crippen LogP contribution < -0.4 is 5.32 Å². The van der Waals surface area contributed by atoms with Gasteiger partial charge in [0.05, 0.1) is 6.04 Å². The van der Waals surface area contributed by atoms with E-state index >= 15 is 0 Å². The van der Waals surface area contributed by atoms with Gasteiger partial charge in [-0.25, -0.2) is 4.79 Å². The Morgan fingerprint density at radius 2 is 1.63 bits per heavy atom. The van der Waals surface area contributed by atoms with Gasteiger partial charge < -0.3 is 15.2 Å². The largest absolute Gasteiger partial charge is 0.508 e. The number of rotatable bonds is 4. The van der Waals surface area contributed by atoms with Crippen LogP contribution in [0.1, 0.15) is 54.0 Å². The lowest BCUT2D eigenvalue weighted by atomic mass is 9.86. The first-order chi connectivity index (χ1) is 12.3. The summed E-state index contributed by atoms with van der Waals surface area (Å²) in [6.45, 7) is 14.0. The molecular weight excluding hydrogens is 346 g/mol. The highest BCUT2D eigenvalue weighted by atomic mass is 16.6. The lowest BCUT2D eigenvalue weighted by Crippen LogP contribution is -2.39. The SMILES string of the molecule is C/C(=C/[C@H](Cc1ccc(O)cc1)NC(=O)OC(C)(C)C)C(C)(C)C.O=C=O. The molecule has 150 valence electrons. The maximum Gasteiger partial charge on any atom is 0.408 e. The zero-order chi connectivity index (χ0) is 21.3. The predicted molar refractivity (Wildman–Crippen MR) is 103 cm³/mol. The fourth-order valence-corrected chi connectivity index (χ4v) is 2.05. The summed E-state index contributed by atoms with van der Waals surface area (Å²) < 4.78 is 5.37. The van der Waals surface area contributed by atoms with Crippen LogP contribution in [0.15, 0.2) is 35.9 Å².